The quantitative estimate of drug-likeness (QED) is 0.778. The molecule has 1 amide bonds. The molecule has 0 bridgehead atoms. The SMILES string of the molecule is C=C(C)N(OC)C(=O)c1ccc(Cl)cc1Cl. The Morgan fingerprint density at radius 2 is 2.06 bits per heavy atom. The van der Waals surface area contributed by atoms with E-state index in [4.69, 9.17) is 28.0 Å². The zero-order valence-corrected chi connectivity index (χ0v) is 10.5. The lowest BCUT2D eigenvalue weighted by Gasteiger charge is -2.19. The maximum Gasteiger partial charge on any atom is 0.283 e. The highest BCUT2D eigenvalue weighted by Gasteiger charge is 2.19. The fourth-order valence-corrected chi connectivity index (χ4v) is 1.67. The Balaban J connectivity index is 3.09. The van der Waals surface area contributed by atoms with Crippen LogP contribution in [0, 0.1) is 0 Å². The van der Waals surface area contributed by atoms with E-state index in [0.29, 0.717) is 16.3 Å². The van der Waals surface area contributed by atoms with Crippen LogP contribution in [-0.4, -0.2) is 18.1 Å². The number of carbonyl (C=O) groups is 1. The molecule has 0 heterocycles. The molecule has 0 aliphatic rings. The van der Waals surface area contributed by atoms with E-state index >= 15 is 0 Å². The summed E-state index contributed by atoms with van der Waals surface area (Å²) < 4.78 is 0. The molecule has 0 radical (unpaired) electrons. The van der Waals surface area contributed by atoms with Crippen LogP contribution in [0.4, 0.5) is 0 Å². The zero-order chi connectivity index (χ0) is 12.3. The van der Waals surface area contributed by atoms with Crippen LogP contribution < -0.4 is 0 Å². The zero-order valence-electron chi connectivity index (χ0n) is 8.96. The Labute approximate surface area is 104 Å². The standard InChI is InChI=1S/C11H11Cl2NO2/c1-7(2)14(16-3)11(15)9-5-4-8(12)6-10(9)13/h4-6H,1H2,2-3H3. The maximum atomic E-state index is 12.0. The van der Waals surface area contributed by atoms with Crippen LogP contribution in [0.15, 0.2) is 30.5 Å². The van der Waals surface area contributed by atoms with Crippen LogP contribution in [0.2, 0.25) is 10.0 Å². The summed E-state index contributed by atoms with van der Waals surface area (Å²) in [5.74, 6) is -0.378. The lowest BCUT2D eigenvalue weighted by atomic mass is 10.2. The first-order chi connectivity index (χ1) is 7.47. The van der Waals surface area contributed by atoms with E-state index in [1.165, 1.54) is 13.2 Å². The second-order valence-electron chi connectivity index (χ2n) is 3.14. The largest absolute Gasteiger partial charge is 0.283 e. The third kappa shape index (κ3) is 2.76. The fraction of sp³-hybridized carbons (Fsp3) is 0.182. The molecule has 1 rings (SSSR count). The van der Waals surface area contributed by atoms with E-state index in [9.17, 15) is 4.79 Å². The Morgan fingerprint density at radius 3 is 2.50 bits per heavy atom. The number of hydrogen-bond acceptors (Lipinski definition) is 2. The molecule has 0 atom stereocenters. The summed E-state index contributed by atoms with van der Waals surface area (Å²) >= 11 is 11.7. The number of allylic oxidation sites excluding steroid dienone is 1. The molecule has 0 unspecified atom stereocenters. The van der Waals surface area contributed by atoms with Gasteiger partial charge in [-0.1, -0.05) is 29.8 Å². The lowest BCUT2D eigenvalue weighted by molar-refractivity contribution is -0.0681. The van der Waals surface area contributed by atoms with Gasteiger partial charge in [-0.15, -0.1) is 0 Å². The molecule has 86 valence electrons. The van der Waals surface area contributed by atoms with Gasteiger partial charge in [-0.3, -0.25) is 9.63 Å². The maximum absolute atomic E-state index is 12.0. The van der Waals surface area contributed by atoms with Crippen LogP contribution in [0.25, 0.3) is 0 Å². The molecular formula is C11H11Cl2NO2. The van der Waals surface area contributed by atoms with Crippen molar-refractivity contribution in [3.63, 3.8) is 0 Å². The first-order valence-electron chi connectivity index (χ1n) is 4.46. The van der Waals surface area contributed by atoms with Crippen molar-refractivity contribution < 1.29 is 9.63 Å². The van der Waals surface area contributed by atoms with Crippen LogP contribution >= 0.6 is 23.2 Å². The van der Waals surface area contributed by atoms with E-state index in [1.807, 2.05) is 0 Å². The van der Waals surface area contributed by atoms with Crippen molar-refractivity contribution in [2.45, 2.75) is 6.92 Å². The van der Waals surface area contributed by atoms with Gasteiger partial charge >= 0.3 is 0 Å². The van der Waals surface area contributed by atoms with Crippen LogP contribution in [-0.2, 0) is 4.84 Å². The van der Waals surface area contributed by atoms with Crippen molar-refractivity contribution >= 4 is 29.1 Å². The minimum atomic E-state index is -0.378. The molecule has 0 aliphatic carbocycles. The summed E-state index contributed by atoms with van der Waals surface area (Å²) in [7, 11) is 1.39. The van der Waals surface area contributed by atoms with Gasteiger partial charge in [0.15, 0.2) is 0 Å². The predicted molar refractivity (Wildman–Crippen MR) is 64.5 cm³/mol. The highest BCUT2D eigenvalue weighted by atomic mass is 35.5. The Kier molecular flexibility index (Phi) is 4.35. The summed E-state index contributed by atoms with van der Waals surface area (Å²) in [6.07, 6.45) is 0. The summed E-state index contributed by atoms with van der Waals surface area (Å²) in [5.41, 5.74) is 0.787. The Hall–Kier alpha value is -1.03. The number of benzene rings is 1. The third-order valence-electron chi connectivity index (χ3n) is 1.88. The molecule has 0 saturated carbocycles. The first-order valence-corrected chi connectivity index (χ1v) is 5.22. The molecule has 16 heavy (non-hydrogen) atoms. The molecule has 0 N–H and O–H groups in total. The van der Waals surface area contributed by atoms with E-state index in [1.54, 1.807) is 19.1 Å². The minimum absolute atomic E-state index is 0.279. The molecule has 3 nitrogen and oxygen atoms in total. The normalized spacial score (nSPS) is 10.0. The van der Waals surface area contributed by atoms with Gasteiger partial charge in [0.2, 0.25) is 0 Å². The van der Waals surface area contributed by atoms with E-state index in [0.717, 1.165) is 5.06 Å². The smallest absolute Gasteiger partial charge is 0.269 e. The number of hydrogen-bond donors (Lipinski definition) is 0. The Morgan fingerprint density at radius 1 is 1.44 bits per heavy atom. The minimum Gasteiger partial charge on any atom is -0.269 e. The summed E-state index contributed by atoms with van der Waals surface area (Å²) in [6, 6.07) is 4.64. The van der Waals surface area contributed by atoms with Crippen LogP contribution in [0.5, 0.6) is 0 Å². The van der Waals surface area contributed by atoms with Crippen molar-refractivity contribution in [3.05, 3.63) is 46.1 Å². The molecular weight excluding hydrogens is 249 g/mol. The van der Waals surface area contributed by atoms with Gasteiger partial charge in [0.1, 0.15) is 0 Å². The average Bonchev–Trinajstić information content (AvgIpc) is 2.17. The van der Waals surface area contributed by atoms with Crippen molar-refractivity contribution in [1.82, 2.24) is 5.06 Å². The van der Waals surface area contributed by atoms with Gasteiger partial charge < -0.3 is 0 Å². The number of amides is 1. The highest BCUT2D eigenvalue weighted by molar-refractivity contribution is 6.36. The van der Waals surface area contributed by atoms with Gasteiger partial charge in [-0.2, -0.15) is 5.06 Å². The van der Waals surface area contributed by atoms with Crippen molar-refractivity contribution in [2.24, 2.45) is 0 Å². The molecule has 0 spiro atoms. The molecule has 0 fully saturated rings. The summed E-state index contributed by atoms with van der Waals surface area (Å²) in [4.78, 5) is 16.9. The molecule has 5 heteroatoms. The fourth-order valence-electron chi connectivity index (χ4n) is 1.18. The number of hydroxylamine groups is 2. The molecule has 0 aromatic heterocycles. The van der Waals surface area contributed by atoms with Gasteiger partial charge in [0.05, 0.1) is 17.7 Å². The molecule has 1 aromatic rings. The van der Waals surface area contributed by atoms with E-state index < -0.39 is 0 Å². The highest BCUT2D eigenvalue weighted by Crippen LogP contribution is 2.23. The number of carbonyl (C=O) groups excluding carboxylic acids is 1. The van der Waals surface area contributed by atoms with Crippen molar-refractivity contribution in [2.75, 3.05) is 7.11 Å². The molecule has 1 aromatic carbocycles. The lowest BCUT2D eigenvalue weighted by Crippen LogP contribution is -2.28. The van der Waals surface area contributed by atoms with Gasteiger partial charge in [-0.25, -0.2) is 0 Å². The Bertz CT molecular complexity index is 432. The van der Waals surface area contributed by atoms with Crippen LogP contribution in [0.3, 0.4) is 0 Å². The van der Waals surface area contributed by atoms with E-state index in [2.05, 4.69) is 6.58 Å². The number of rotatable bonds is 3. The second-order valence-corrected chi connectivity index (χ2v) is 3.99. The number of halogens is 2. The van der Waals surface area contributed by atoms with Gasteiger partial charge in [0.25, 0.3) is 5.91 Å². The van der Waals surface area contributed by atoms with Crippen LogP contribution in [0.1, 0.15) is 17.3 Å². The van der Waals surface area contributed by atoms with Gasteiger partial charge in [-0.05, 0) is 25.1 Å². The monoisotopic (exact) mass is 259 g/mol. The predicted octanol–water partition coefficient (Wildman–Crippen LogP) is 3.53. The van der Waals surface area contributed by atoms with Crippen molar-refractivity contribution in [1.29, 1.82) is 0 Å². The number of nitrogens with zero attached hydrogens (tertiary/aromatic N) is 1. The molecule has 0 saturated heterocycles. The summed E-state index contributed by atoms with van der Waals surface area (Å²) in [5, 5.41) is 1.82. The first kappa shape index (κ1) is 13.0. The average molecular weight is 260 g/mol. The van der Waals surface area contributed by atoms with E-state index in [-0.39, 0.29) is 10.9 Å². The molecule has 0 aliphatic heterocycles. The second kappa shape index (κ2) is 5.34. The van der Waals surface area contributed by atoms with Crippen molar-refractivity contribution in [3.8, 4) is 0 Å². The topological polar surface area (TPSA) is 29.5 Å². The third-order valence-corrected chi connectivity index (χ3v) is 2.42. The summed E-state index contributed by atoms with van der Waals surface area (Å²) in [6.45, 7) is 5.29. The van der Waals surface area contributed by atoms with Gasteiger partial charge in [0, 0.05) is 10.7 Å².